The Bertz CT molecular complexity index is 1380. The Hall–Kier alpha value is -3.46. The molecule has 0 amide bonds. The van der Waals surface area contributed by atoms with Gasteiger partial charge in [0.25, 0.3) is 0 Å². The topological polar surface area (TPSA) is 0 Å². The van der Waals surface area contributed by atoms with Gasteiger partial charge in [-0.25, -0.2) is 0 Å². The largest absolute Gasteiger partial charge is 0.0622 e. The van der Waals surface area contributed by atoms with E-state index in [1.54, 1.807) is 0 Å². The Kier molecular flexibility index (Phi) is 7.76. The van der Waals surface area contributed by atoms with Crippen LogP contribution in [0.1, 0.15) is 22.3 Å². The zero-order valence-corrected chi connectivity index (χ0v) is 22.8. The fraction of sp³-hybridized carbons (Fsp3) is 0. The minimum Gasteiger partial charge on any atom is -0.0622 e. The van der Waals surface area contributed by atoms with Crippen molar-refractivity contribution in [2.24, 2.45) is 0 Å². The van der Waals surface area contributed by atoms with E-state index in [-0.39, 0.29) is 0 Å². The minimum atomic E-state index is 1.07. The maximum Gasteiger partial charge on any atom is 0.0175 e. The summed E-state index contributed by atoms with van der Waals surface area (Å²) >= 11 is 7.21. The first-order valence-corrected chi connectivity index (χ1v) is 13.4. The smallest absolute Gasteiger partial charge is 0.0175 e. The number of halogens is 2. The second-order valence-corrected chi connectivity index (χ2v) is 10.3. The van der Waals surface area contributed by atoms with Gasteiger partial charge in [0.05, 0.1) is 0 Å². The molecule has 0 N–H and O–H groups in total. The highest BCUT2D eigenvalue weighted by Crippen LogP contribution is 2.40. The van der Waals surface area contributed by atoms with Crippen molar-refractivity contribution in [1.29, 1.82) is 0 Å². The molecule has 5 rings (SSSR count). The first-order chi connectivity index (χ1) is 17.7. The third-order valence-electron chi connectivity index (χ3n) is 6.05. The van der Waals surface area contributed by atoms with Crippen LogP contribution in [-0.2, 0) is 0 Å². The highest BCUT2D eigenvalue weighted by molar-refractivity contribution is 9.10. The van der Waals surface area contributed by atoms with Crippen LogP contribution in [-0.4, -0.2) is 0 Å². The van der Waals surface area contributed by atoms with E-state index in [1.807, 2.05) is 12.1 Å². The zero-order chi connectivity index (χ0) is 24.7. The van der Waals surface area contributed by atoms with E-state index < -0.39 is 0 Å². The summed E-state index contributed by atoms with van der Waals surface area (Å²) in [7, 11) is 0. The van der Waals surface area contributed by atoms with Gasteiger partial charge in [0, 0.05) is 8.95 Å². The van der Waals surface area contributed by atoms with Gasteiger partial charge in [-0.1, -0.05) is 153 Å². The fourth-order valence-corrected chi connectivity index (χ4v) is 4.80. The van der Waals surface area contributed by atoms with Crippen LogP contribution in [0, 0.1) is 0 Å². The van der Waals surface area contributed by atoms with Crippen LogP contribution in [0.15, 0.2) is 130 Å². The van der Waals surface area contributed by atoms with Gasteiger partial charge in [0.2, 0.25) is 0 Å². The van der Waals surface area contributed by atoms with E-state index in [9.17, 15) is 0 Å². The molecule has 0 heterocycles. The van der Waals surface area contributed by atoms with Crippen molar-refractivity contribution in [2.75, 3.05) is 0 Å². The minimum absolute atomic E-state index is 1.07. The molecule has 0 bridgehead atoms. The molecule has 0 saturated carbocycles. The summed E-state index contributed by atoms with van der Waals surface area (Å²) in [6.07, 6.45) is 8.81. The molecule has 0 aliphatic rings. The number of hydrogen-bond acceptors (Lipinski definition) is 0. The van der Waals surface area contributed by atoms with Crippen molar-refractivity contribution in [3.63, 3.8) is 0 Å². The van der Waals surface area contributed by atoms with Gasteiger partial charge in [0.15, 0.2) is 0 Å². The molecule has 0 aliphatic heterocycles. The monoisotopic (exact) mass is 590 g/mol. The summed E-state index contributed by atoms with van der Waals surface area (Å²) in [4.78, 5) is 0. The molecule has 0 atom stereocenters. The van der Waals surface area contributed by atoms with Crippen LogP contribution < -0.4 is 0 Å². The summed E-state index contributed by atoms with van der Waals surface area (Å²) in [5.74, 6) is 0. The van der Waals surface area contributed by atoms with Crippen LogP contribution in [0.3, 0.4) is 0 Å². The van der Waals surface area contributed by atoms with Crippen molar-refractivity contribution in [3.05, 3.63) is 153 Å². The molecular weight excluding hydrogens is 568 g/mol. The number of hydrogen-bond donors (Lipinski definition) is 0. The SMILES string of the molecule is Brc1ccc(-c2c(/C=C/c3ccccc3)ccc(/C=C/c3ccccc3)c2-c2ccc(Br)cc2)cc1. The summed E-state index contributed by atoms with van der Waals surface area (Å²) in [5.41, 5.74) is 9.50. The molecule has 0 nitrogen and oxygen atoms in total. The molecule has 2 heteroatoms. The quantitative estimate of drug-likeness (QED) is 0.172. The first kappa shape index (κ1) is 24.2. The molecule has 0 spiro atoms. The maximum absolute atomic E-state index is 3.60. The summed E-state index contributed by atoms with van der Waals surface area (Å²) < 4.78 is 2.14. The van der Waals surface area contributed by atoms with Crippen LogP contribution in [0.25, 0.3) is 46.6 Å². The highest BCUT2D eigenvalue weighted by Gasteiger charge is 2.15. The maximum atomic E-state index is 3.60. The average Bonchev–Trinajstić information content (AvgIpc) is 2.93. The molecule has 36 heavy (non-hydrogen) atoms. The lowest BCUT2D eigenvalue weighted by atomic mass is 9.86. The van der Waals surface area contributed by atoms with Gasteiger partial charge in [0.1, 0.15) is 0 Å². The van der Waals surface area contributed by atoms with Gasteiger partial charge in [-0.2, -0.15) is 0 Å². The third-order valence-corrected chi connectivity index (χ3v) is 7.10. The Labute approximate surface area is 229 Å². The fourth-order valence-electron chi connectivity index (χ4n) is 4.27. The summed E-state index contributed by atoms with van der Waals surface area (Å²) in [6, 6.07) is 42.5. The standard InChI is InChI=1S/C34H24Br2/c35-31-21-17-29(18-22-31)33-27(13-11-25-7-3-1-4-8-25)15-16-28(14-12-26-9-5-2-6-10-26)34(33)30-19-23-32(36)24-20-30/h1-24H/b13-11+,14-12+. The van der Waals surface area contributed by atoms with Gasteiger partial charge >= 0.3 is 0 Å². The Balaban J connectivity index is 1.74. The predicted molar refractivity (Wildman–Crippen MR) is 163 cm³/mol. The second kappa shape index (κ2) is 11.5. The Morgan fingerprint density at radius 2 is 0.722 bits per heavy atom. The van der Waals surface area contributed by atoms with Crippen LogP contribution >= 0.6 is 31.9 Å². The second-order valence-electron chi connectivity index (χ2n) is 8.50. The van der Waals surface area contributed by atoms with E-state index in [2.05, 4.69) is 165 Å². The van der Waals surface area contributed by atoms with Crippen molar-refractivity contribution < 1.29 is 0 Å². The number of benzene rings is 5. The van der Waals surface area contributed by atoms with Gasteiger partial charge < -0.3 is 0 Å². The van der Waals surface area contributed by atoms with E-state index in [0.717, 1.165) is 8.95 Å². The molecule has 0 fully saturated rings. The van der Waals surface area contributed by atoms with Gasteiger partial charge in [-0.3, -0.25) is 0 Å². The van der Waals surface area contributed by atoms with Crippen molar-refractivity contribution in [1.82, 2.24) is 0 Å². The third kappa shape index (κ3) is 5.84. The van der Waals surface area contributed by atoms with E-state index in [0.29, 0.717) is 0 Å². The lowest BCUT2D eigenvalue weighted by molar-refractivity contribution is 1.53. The van der Waals surface area contributed by atoms with E-state index in [1.165, 1.54) is 44.5 Å². The molecule has 5 aromatic carbocycles. The lowest BCUT2D eigenvalue weighted by Crippen LogP contribution is -1.93. The normalized spacial score (nSPS) is 11.4. The zero-order valence-electron chi connectivity index (χ0n) is 19.6. The van der Waals surface area contributed by atoms with Crippen LogP contribution in [0.4, 0.5) is 0 Å². The van der Waals surface area contributed by atoms with Crippen molar-refractivity contribution in [2.45, 2.75) is 0 Å². The summed E-state index contributed by atoms with van der Waals surface area (Å²) in [6.45, 7) is 0. The average molecular weight is 592 g/mol. The number of rotatable bonds is 6. The Morgan fingerprint density at radius 1 is 0.361 bits per heavy atom. The molecule has 0 saturated heterocycles. The molecule has 0 unspecified atom stereocenters. The molecule has 0 aromatic heterocycles. The van der Waals surface area contributed by atoms with Crippen LogP contribution in [0.5, 0.6) is 0 Å². The van der Waals surface area contributed by atoms with Crippen molar-refractivity contribution in [3.8, 4) is 22.3 Å². The van der Waals surface area contributed by atoms with Crippen molar-refractivity contribution >= 4 is 56.2 Å². The lowest BCUT2D eigenvalue weighted by Gasteiger charge is -2.18. The van der Waals surface area contributed by atoms with E-state index >= 15 is 0 Å². The van der Waals surface area contributed by atoms with Crippen LogP contribution in [0.2, 0.25) is 0 Å². The first-order valence-electron chi connectivity index (χ1n) is 11.8. The summed E-state index contributed by atoms with van der Waals surface area (Å²) in [5, 5.41) is 0. The van der Waals surface area contributed by atoms with Gasteiger partial charge in [-0.05, 0) is 68.8 Å². The molecule has 5 aromatic rings. The predicted octanol–water partition coefficient (Wildman–Crippen LogP) is 10.9. The van der Waals surface area contributed by atoms with E-state index in [4.69, 9.17) is 0 Å². The van der Waals surface area contributed by atoms with Gasteiger partial charge in [-0.15, -0.1) is 0 Å². The molecular formula is C34H24Br2. The Morgan fingerprint density at radius 3 is 1.08 bits per heavy atom. The molecule has 174 valence electrons. The molecule has 0 radical (unpaired) electrons. The molecule has 0 aliphatic carbocycles. The highest BCUT2D eigenvalue weighted by atomic mass is 79.9.